The Morgan fingerprint density at radius 1 is 1.11 bits per heavy atom. The van der Waals surface area contributed by atoms with Crippen LogP contribution in [0.1, 0.15) is 43.8 Å². The van der Waals surface area contributed by atoms with E-state index in [1.165, 1.54) is 35.6 Å². The van der Waals surface area contributed by atoms with Crippen LogP contribution in [0.5, 0.6) is 0 Å². The van der Waals surface area contributed by atoms with E-state index < -0.39 is 29.1 Å². The molecule has 3 N–H and O–H groups in total. The number of hydrogen-bond acceptors (Lipinski definition) is 5. The van der Waals surface area contributed by atoms with Crippen LogP contribution in [0.15, 0.2) is 54.6 Å². The minimum atomic E-state index is -4.75. The van der Waals surface area contributed by atoms with Gasteiger partial charge in [0.25, 0.3) is 11.8 Å². The summed E-state index contributed by atoms with van der Waals surface area (Å²) in [4.78, 5) is 30.9. The molecule has 1 aromatic heterocycles. The van der Waals surface area contributed by atoms with Gasteiger partial charge in [0.15, 0.2) is 0 Å². The standard InChI is InChI=1S/C25H20ClF3N4O2S/c1-3-21-32-22-16(23(34)31-19-10-6-9-18(26)13(19)2)11-14(12-20(22)36-21)33(30)24(35)15-7-4-5-8-17(15)25(27,28)29/h4-12H,3,30H2,1-2H3,(H,31,34). The van der Waals surface area contributed by atoms with Gasteiger partial charge in [0.2, 0.25) is 0 Å². The molecule has 3 aromatic carbocycles. The molecule has 0 fully saturated rings. The normalized spacial score (nSPS) is 11.5. The summed E-state index contributed by atoms with van der Waals surface area (Å²) in [6.07, 6.45) is -4.14. The van der Waals surface area contributed by atoms with Gasteiger partial charge in [-0.2, -0.15) is 13.2 Å². The van der Waals surface area contributed by atoms with Gasteiger partial charge in [-0.15, -0.1) is 11.3 Å². The van der Waals surface area contributed by atoms with Gasteiger partial charge in [0.1, 0.15) is 0 Å². The number of amides is 2. The zero-order valence-electron chi connectivity index (χ0n) is 19.1. The third kappa shape index (κ3) is 4.92. The maximum absolute atomic E-state index is 13.5. The van der Waals surface area contributed by atoms with Crippen LogP contribution in [-0.4, -0.2) is 16.8 Å². The SMILES string of the molecule is CCc1nc2c(C(=O)Nc3cccc(Cl)c3C)cc(N(N)C(=O)c3ccccc3C(F)(F)F)cc2s1. The van der Waals surface area contributed by atoms with E-state index in [0.29, 0.717) is 37.9 Å². The van der Waals surface area contributed by atoms with Crippen molar-refractivity contribution in [2.24, 2.45) is 5.84 Å². The molecule has 0 atom stereocenters. The van der Waals surface area contributed by atoms with Gasteiger partial charge in [-0.1, -0.05) is 36.7 Å². The van der Waals surface area contributed by atoms with E-state index in [2.05, 4.69) is 10.3 Å². The largest absolute Gasteiger partial charge is 0.417 e. The Kier molecular flexibility index (Phi) is 7.03. The highest BCUT2D eigenvalue weighted by Crippen LogP contribution is 2.35. The summed E-state index contributed by atoms with van der Waals surface area (Å²) < 4.78 is 41.0. The first-order valence-electron chi connectivity index (χ1n) is 10.8. The Bertz CT molecular complexity index is 1490. The molecular weight excluding hydrogens is 513 g/mol. The number of carbonyl (C=O) groups excluding carboxylic acids is 2. The highest BCUT2D eigenvalue weighted by Gasteiger charge is 2.36. The van der Waals surface area contributed by atoms with E-state index in [1.54, 1.807) is 25.1 Å². The van der Waals surface area contributed by atoms with Crippen molar-refractivity contribution in [2.45, 2.75) is 26.4 Å². The number of nitrogens with zero attached hydrogens (tertiary/aromatic N) is 2. The summed E-state index contributed by atoms with van der Waals surface area (Å²) in [5.41, 5.74) is -0.00875. The Hall–Kier alpha value is -3.47. The number of hydrogen-bond donors (Lipinski definition) is 2. The molecule has 1 heterocycles. The van der Waals surface area contributed by atoms with Crippen LogP contribution in [0, 0.1) is 6.92 Å². The number of nitrogens with one attached hydrogen (secondary N) is 1. The number of aryl methyl sites for hydroxylation is 1. The highest BCUT2D eigenvalue weighted by molar-refractivity contribution is 7.18. The van der Waals surface area contributed by atoms with Crippen LogP contribution in [-0.2, 0) is 12.6 Å². The van der Waals surface area contributed by atoms with Crippen molar-refractivity contribution in [2.75, 3.05) is 10.3 Å². The molecule has 6 nitrogen and oxygen atoms in total. The molecule has 11 heteroatoms. The minimum absolute atomic E-state index is 0.0451. The number of benzene rings is 3. The second kappa shape index (κ2) is 9.88. The van der Waals surface area contributed by atoms with Crippen LogP contribution in [0.4, 0.5) is 24.5 Å². The monoisotopic (exact) mass is 532 g/mol. The molecule has 0 aliphatic carbocycles. The van der Waals surface area contributed by atoms with Crippen molar-refractivity contribution >= 4 is 56.3 Å². The fourth-order valence-corrected chi connectivity index (χ4v) is 4.76. The fourth-order valence-electron chi connectivity index (χ4n) is 3.62. The van der Waals surface area contributed by atoms with E-state index in [9.17, 15) is 22.8 Å². The first-order chi connectivity index (χ1) is 17.0. The summed E-state index contributed by atoms with van der Waals surface area (Å²) >= 11 is 7.46. The first kappa shape index (κ1) is 25.6. The molecular formula is C25H20ClF3N4O2S. The van der Waals surface area contributed by atoms with Crippen LogP contribution >= 0.6 is 22.9 Å². The predicted molar refractivity (Wildman–Crippen MR) is 136 cm³/mol. The molecule has 0 saturated carbocycles. The van der Waals surface area contributed by atoms with Gasteiger partial charge in [-0.05, 0) is 55.3 Å². The van der Waals surface area contributed by atoms with Crippen molar-refractivity contribution in [3.8, 4) is 0 Å². The third-order valence-electron chi connectivity index (χ3n) is 5.55. The molecule has 0 spiro atoms. The molecule has 2 amide bonds. The van der Waals surface area contributed by atoms with E-state index in [1.807, 2.05) is 6.92 Å². The summed E-state index contributed by atoms with van der Waals surface area (Å²) in [6.45, 7) is 3.65. The average molecular weight is 533 g/mol. The van der Waals surface area contributed by atoms with E-state index >= 15 is 0 Å². The minimum Gasteiger partial charge on any atom is -0.322 e. The highest BCUT2D eigenvalue weighted by atomic mass is 35.5. The quantitative estimate of drug-likeness (QED) is 0.172. The van der Waals surface area contributed by atoms with E-state index in [0.717, 1.165) is 17.1 Å². The number of alkyl halides is 3. The topological polar surface area (TPSA) is 88.3 Å². The number of rotatable bonds is 5. The second-order valence-corrected chi connectivity index (χ2v) is 9.41. The van der Waals surface area contributed by atoms with Crippen LogP contribution in [0.3, 0.4) is 0 Å². The number of halogens is 4. The predicted octanol–water partition coefficient (Wildman–Crippen LogP) is 6.61. The summed E-state index contributed by atoms with van der Waals surface area (Å²) in [6, 6.07) is 12.3. The van der Waals surface area contributed by atoms with Gasteiger partial charge in [0, 0.05) is 10.7 Å². The van der Waals surface area contributed by atoms with Gasteiger partial charge < -0.3 is 5.32 Å². The zero-order chi connectivity index (χ0) is 26.2. The smallest absolute Gasteiger partial charge is 0.322 e. The maximum atomic E-state index is 13.5. The Balaban J connectivity index is 1.79. The lowest BCUT2D eigenvalue weighted by molar-refractivity contribution is -0.137. The molecule has 36 heavy (non-hydrogen) atoms. The van der Waals surface area contributed by atoms with Gasteiger partial charge in [-0.3, -0.25) is 9.59 Å². The fraction of sp³-hybridized carbons (Fsp3) is 0.160. The summed E-state index contributed by atoms with van der Waals surface area (Å²) in [5, 5.41) is 4.61. The van der Waals surface area contributed by atoms with Crippen molar-refractivity contribution in [3.05, 3.63) is 86.9 Å². The lowest BCUT2D eigenvalue weighted by Crippen LogP contribution is -2.38. The summed E-state index contributed by atoms with van der Waals surface area (Å²) in [7, 11) is 0. The average Bonchev–Trinajstić information content (AvgIpc) is 3.28. The number of fused-ring (bicyclic) bond motifs is 1. The molecule has 0 radical (unpaired) electrons. The lowest BCUT2D eigenvalue weighted by Gasteiger charge is -2.20. The van der Waals surface area contributed by atoms with E-state index in [4.69, 9.17) is 17.4 Å². The van der Waals surface area contributed by atoms with Crippen molar-refractivity contribution in [1.29, 1.82) is 0 Å². The van der Waals surface area contributed by atoms with Crippen LogP contribution in [0.2, 0.25) is 5.02 Å². The Morgan fingerprint density at radius 2 is 1.83 bits per heavy atom. The molecule has 0 aliphatic rings. The summed E-state index contributed by atoms with van der Waals surface area (Å²) in [5.74, 6) is 4.43. The number of nitrogens with two attached hydrogens (primary N) is 1. The Morgan fingerprint density at radius 3 is 2.53 bits per heavy atom. The molecule has 0 saturated heterocycles. The molecule has 0 unspecified atom stereocenters. The van der Waals surface area contributed by atoms with Crippen molar-refractivity contribution in [1.82, 2.24) is 4.98 Å². The molecule has 0 aliphatic heterocycles. The number of thiazole rings is 1. The van der Waals surface area contributed by atoms with Crippen LogP contribution in [0.25, 0.3) is 10.2 Å². The molecule has 4 rings (SSSR count). The number of hydrazine groups is 1. The number of aromatic nitrogens is 1. The van der Waals surface area contributed by atoms with Gasteiger partial charge in [-0.25, -0.2) is 15.8 Å². The molecule has 186 valence electrons. The lowest BCUT2D eigenvalue weighted by atomic mass is 10.1. The first-order valence-corrected chi connectivity index (χ1v) is 12.0. The Labute approximate surface area is 213 Å². The molecule has 0 bridgehead atoms. The van der Waals surface area contributed by atoms with Crippen molar-refractivity contribution in [3.63, 3.8) is 0 Å². The zero-order valence-corrected chi connectivity index (χ0v) is 20.7. The second-order valence-electron chi connectivity index (χ2n) is 7.89. The number of anilines is 2. The number of carbonyl (C=O) groups is 2. The van der Waals surface area contributed by atoms with Crippen molar-refractivity contribution < 1.29 is 22.8 Å². The third-order valence-corrected chi connectivity index (χ3v) is 7.10. The van der Waals surface area contributed by atoms with E-state index in [-0.39, 0.29) is 11.3 Å². The van der Waals surface area contributed by atoms with Crippen LogP contribution < -0.4 is 16.2 Å². The van der Waals surface area contributed by atoms with Gasteiger partial charge >= 0.3 is 6.18 Å². The molecule has 4 aromatic rings. The maximum Gasteiger partial charge on any atom is 0.417 e. The van der Waals surface area contributed by atoms with Gasteiger partial charge in [0.05, 0.1) is 37.6 Å².